The lowest BCUT2D eigenvalue weighted by Crippen LogP contribution is -2.46. The third-order valence-electron chi connectivity index (χ3n) is 5.39. The summed E-state index contributed by atoms with van der Waals surface area (Å²) in [5.41, 5.74) is 1.14. The van der Waals surface area contributed by atoms with E-state index in [-0.39, 0.29) is 23.6 Å². The van der Waals surface area contributed by atoms with Gasteiger partial charge in [0.25, 0.3) is 0 Å². The van der Waals surface area contributed by atoms with E-state index in [2.05, 4.69) is 53.6 Å². The summed E-state index contributed by atoms with van der Waals surface area (Å²) in [6, 6.07) is 10.4. The van der Waals surface area contributed by atoms with Crippen LogP contribution in [0.3, 0.4) is 0 Å². The van der Waals surface area contributed by atoms with Crippen LogP contribution < -0.4 is 5.32 Å². The molecule has 0 saturated carbocycles. The van der Waals surface area contributed by atoms with Crippen LogP contribution in [0.2, 0.25) is 0 Å². The summed E-state index contributed by atoms with van der Waals surface area (Å²) in [6.07, 6.45) is 2.74. The maximum atomic E-state index is 12.5. The smallest absolute Gasteiger partial charge is 0.317 e. The van der Waals surface area contributed by atoms with Crippen molar-refractivity contribution in [3.05, 3.63) is 47.7 Å². The number of benzene rings is 1. The number of nitrogens with one attached hydrogen (secondary N) is 1. The van der Waals surface area contributed by atoms with E-state index in [1.165, 1.54) is 5.56 Å². The predicted molar refractivity (Wildman–Crippen MR) is 106 cm³/mol. The highest BCUT2D eigenvalue weighted by atomic mass is 16.5. The zero-order valence-corrected chi connectivity index (χ0v) is 17.2. The van der Waals surface area contributed by atoms with Crippen LogP contribution in [0.4, 0.5) is 4.79 Å². The molecule has 0 spiro atoms. The van der Waals surface area contributed by atoms with Gasteiger partial charge in [-0.05, 0) is 38.7 Å². The third kappa shape index (κ3) is 4.90. The number of aromatic nitrogens is 2. The molecular formula is C21H30N4O3. The van der Waals surface area contributed by atoms with E-state index in [1.807, 2.05) is 6.07 Å². The fraction of sp³-hybridized carbons (Fsp3) is 0.571. The summed E-state index contributed by atoms with van der Waals surface area (Å²) in [4.78, 5) is 14.0. The molecule has 1 fully saturated rings. The number of aryl methyl sites for hydroxylation is 1. The third-order valence-corrected chi connectivity index (χ3v) is 5.39. The van der Waals surface area contributed by atoms with Gasteiger partial charge in [-0.1, -0.05) is 30.3 Å². The van der Waals surface area contributed by atoms with E-state index in [0.717, 1.165) is 25.9 Å². The van der Waals surface area contributed by atoms with Gasteiger partial charge in [0, 0.05) is 32.5 Å². The van der Waals surface area contributed by atoms with Crippen LogP contribution in [-0.4, -0.2) is 46.9 Å². The molecule has 2 amide bonds. The monoisotopic (exact) mass is 386 g/mol. The first kappa shape index (κ1) is 20.3. The molecule has 2 aromatic rings. The lowest BCUT2D eigenvalue weighted by atomic mass is 9.67. The van der Waals surface area contributed by atoms with Crippen LogP contribution >= 0.6 is 0 Å². The largest absolute Gasteiger partial charge is 0.424 e. The summed E-state index contributed by atoms with van der Waals surface area (Å²) >= 11 is 0. The van der Waals surface area contributed by atoms with Crippen molar-refractivity contribution >= 4 is 6.03 Å². The van der Waals surface area contributed by atoms with E-state index >= 15 is 0 Å². The predicted octanol–water partition coefficient (Wildman–Crippen LogP) is 3.44. The van der Waals surface area contributed by atoms with Crippen molar-refractivity contribution in [2.75, 3.05) is 20.2 Å². The minimum atomic E-state index is -0.176. The summed E-state index contributed by atoms with van der Waals surface area (Å²) in [5, 5.41) is 10.8. The SMILES string of the molecule is Cc1nnc(CN(C)C(=O)NCC[C@@]2(c3ccccc3)CCOC(C)(C)C2)o1. The van der Waals surface area contributed by atoms with Gasteiger partial charge in [0.2, 0.25) is 11.8 Å². The van der Waals surface area contributed by atoms with Crippen molar-refractivity contribution in [2.45, 2.75) is 57.6 Å². The van der Waals surface area contributed by atoms with Gasteiger partial charge in [-0.2, -0.15) is 0 Å². The lowest BCUT2D eigenvalue weighted by Gasteiger charge is -2.45. The van der Waals surface area contributed by atoms with E-state index < -0.39 is 0 Å². The van der Waals surface area contributed by atoms with Crippen molar-refractivity contribution in [1.82, 2.24) is 20.4 Å². The minimum Gasteiger partial charge on any atom is -0.424 e. The standard InChI is InChI=1S/C21H30N4O3/c1-16-23-24-18(28-16)14-25(4)19(26)22-12-10-21(17-8-6-5-7-9-17)11-13-27-20(2,3)15-21/h5-9H,10-15H2,1-4H3,(H,22,26)/t21-/m1/s1. The number of hydrogen-bond donors (Lipinski definition) is 1. The van der Waals surface area contributed by atoms with Crippen LogP contribution in [0.5, 0.6) is 0 Å². The molecule has 1 saturated heterocycles. The van der Waals surface area contributed by atoms with Gasteiger partial charge < -0.3 is 19.4 Å². The zero-order valence-electron chi connectivity index (χ0n) is 17.2. The topological polar surface area (TPSA) is 80.5 Å². The number of carbonyl (C=O) groups is 1. The minimum absolute atomic E-state index is 0.00153. The first-order chi connectivity index (χ1) is 13.3. The molecule has 1 aromatic heterocycles. The van der Waals surface area contributed by atoms with Crippen molar-refractivity contribution in [2.24, 2.45) is 0 Å². The second kappa shape index (κ2) is 8.31. The Kier molecular flexibility index (Phi) is 6.03. The van der Waals surface area contributed by atoms with Gasteiger partial charge in [-0.15, -0.1) is 10.2 Å². The second-order valence-corrected chi connectivity index (χ2v) is 8.23. The highest BCUT2D eigenvalue weighted by Gasteiger charge is 2.41. The van der Waals surface area contributed by atoms with Crippen LogP contribution in [-0.2, 0) is 16.7 Å². The van der Waals surface area contributed by atoms with Crippen LogP contribution in [0, 0.1) is 6.92 Å². The molecule has 0 radical (unpaired) electrons. The average Bonchev–Trinajstić information content (AvgIpc) is 3.06. The molecule has 1 aliphatic rings. The molecule has 0 bridgehead atoms. The Morgan fingerprint density at radius 3 is 2.64 bits per heavy atom. The molecule has 2 heterocycles. The van der Waals surface area contributed by atoms with Gasteiger partial charge in [-0.25, -0.2) is 4.79 Å². The molecule has 28 heavy (non-hydrogen) atoms. The molecule has 7 heteroatoms. The highest BCUT2D eigenvalue weighted by Crippen LogP contribution is 2.43. The first-order valence-electron chi connectivity index (χ1n) is 9.77. The Bertz CT molecular complexity index is 790. The number of ether oxygens (including phenoxy) is 1. The van der Waals surface area contributed by atoms with Gasteiger partial charge in [0.15, 0.2) is 0 Å². The van der Waals surface area contributed by atoms with Crippen LogP contribution in [0.25, 0.3) is 0 Å². The molecule has 0 aliphatic carbocycles. The lowest BCUT2D eigenvalue weighted by molar-refractivity contribution is -0.0838. The van der Waals surface area contributed by atoms with E-state index in [1.54, 1.807) is 18.9 Å². The fourth-order valence-electron chi connectivity index (χ4n) is 4.09. The highest BCUT2D eigenvalue weighted by molar-refractivity contribution is 5.73. The van der Waals surface area contributed by atoms with E-state index in [4.69, 9.17) is 9.15 Å². The maximum Gasteiger partial charge on any atom is 0.317 e. The fourth-order valence-corrected chi connectivity index (χ4v) is 4.09. The molecule has 7 nitrogen and oxygen atoms in total. The number of carbonyl (C=O) groups excluding carboxylic acids is 1. The van der Waals surface area contributed by atoms with E-state index in [0.29, 0.717) is 18.3 Å². The van der Waals surface area contributed by atoms with Gasteiger partial charge in [0.1, 0.15) is 6.54 Å². The summed E-state index contributed by atoms with van der Waals surface area (Å²) < 4.78 is 11.3. The summed E-state index contributed by atoms with van der Waals surface area (Å²) in [7, 11) is 1.72. The summed E-state index contributed by atoms with van der Waals surface area (Å²) in [5.74, 6) is 0.929. The average molecular weight is 386 g/mol. The zero-order chi connectivity index (χ0) is 20.2. The Morgan fingerprint density at radius 2 is 2.00 bits per heavy atom. The molecule has 0 unspecified atom stereocenters. The van der Waals surface area contributed by atoms with Crippen LogP contribution in [0.1, 0.15) is 50.5 Å². The Hall–Kier alpha value is -2.41. The molecule has 152 valence electrons. The molecule has 1 aliphatic heterocycles. The Labute approximate surface area is 166 Å². The van der Waals surface area contributed by atoms with Gasteiger partial charge in [-0.3, -0.25) is 0 Å². The van der Waals surface area contributed by atoms with Crippen molar-refractivity contribution in [1.29, 1.82) is 0 Å². The van der Waals surface area contributed by atoms with Crippen molar-refractivity contribution in [3.8, 4) is 0 Å². The Balaban J connectivity index is 1.61. The summed E-state index contributed by atoms with van der Waals surface area (Å²) in [6.45, 7) is 7.63. The Morgan fingerprint density at radius 1 is 1.25 bits per heavy atom. The molecule has 3 rings (SSSR count). The second-order valence-electron chi connectivity index (χ2n) is 8.23. The molecular weight excluding hydrogens is 356 g/mol. The number of rotatable bonds is 6. The number of amides is 2. The van der Waals surface area contributed by atoms with Gasteiger partial charge >= 0.3 is 6.03 Å². The van der Waals surface area contributed by atoms with Gasteiger partial charge in [0.05, 0.1) is 5.60 Å². The quantitative estimate of drug-likeness (QED) is 0.823. The normalized spacial score (nSPS) is 21.3. The van der Waals surface area contributed by atoms with Crippen molar-refractivity contribution < 1.29 is 13.9 Å². The number of urea groups is 1. The first-order valence-corrected chi connectivity index (χ1v) is 9.77. The molecule has 1 atom stereocenters. The maximum absolute atomic E-state index is 12.5. The molecule has 1 aromatic carbocycles. The van der Waals surface area contributed by atoms with Crippen molar-refractivity contribution in [3.63, 3.8) is 0 Å². The van der Waals surface area contributed by atoms with E-state index in [9.17, 15) is 4.79 Å². The number of hydrogen-bond acceptors (Lipinski definition) is 5. The number of nitrogens with zero attached hydrogens (tertiary/aromatic N) is 3. The van der Waals surface area contributed by atoms with Crippen LogP contribution in [0.15, 0.2) is 34.7 Å². The molecule has 1 N–H and O–H groups in total.